The fraction of sp³-hybridized carbons (Fsp3) is 0.346. The van der Waals surface area contributed by atoms with E-state index in [2.05, 4.69) is 24.1 Å². The van der Waals surface area contributed by atoms with Crippen molar-refractivity contribution in [2.24, 2.45) is 0 Å². The number of hydrogen-bond donors (Lipinski definition) is 1. The number of benzene rings is 2. The molecular formula is C26H29N3O3S. The maximum absolute atomic E-state index is 12.7. The fourth-order valence-electron chi connectivity index (χ4n) is 4.11. The van der Waals surface area contributed by atoms with Crippen molar-refractivity contribution in [2.75, 3.05) is 17.3 Å². The second kappa shape index (κ2) is 8.63. The Kier molecular flexibility index (Phi) is 6.01. The Morgan fingerprint density at radius 3 is 2.61 bits per heavy atom. The van der Waals surface area contributed by atoms with Gasteiger partial charge in [-0.15, -0.1) is 11.3 Å². The second-order valence-electron chi connectivity index (χ2n) is 9.20. The average Bonchev–Trinajstić information content (AvgIpc) is 3.31. The van der Waals surface area contributed by atoms with Crippen LogP contribution >= 0.6 is 11.3 Å². The van der Waals surface area contributed by atoms with Crippen molar-refractivity contribution in [1.82, 2.24) is 4.98 Å². The van der Waals surface area contributed by atoms with Crippen molar-refractivity contribution < 1.29 is 14.3 Å². The number of nitrogens with zero attached hydrogens (tertiary/aromatic N) is 2. The van der Waals surface area contributed by atoms with Gasteiger partial charge in [-0.1, -0.05) is 38.1 Å². The molecule has 0 saturated heterocycles. The van der Waals surface area contributed by atoms with Gasteiger partial charge in [0.15, 0.2) is 11.2 Å². The third kappa shape index (κ3) is 4.25. The zero-order valence-electron chi connectivity index (χ0n) is 19.8. The van der Waals surface area contributed by atoms with Crippen molar-refractivity contribution in [1.29, 1.82) is 0 Å². The third-order valence-corrected chi connectivity index (χ3v) is 6.87. The highest BCUT2D eigenvalue weighted by atomic mass is 32.1. The lowest BCUT2D eigenvalue weighted by Crippen LogP contribution is -2.33. The van der Waals surface area contributed by atoms with E-state index in [1.54, 1.807) is 18.9 Å². The number of hydrogen-bond acceptors (Lipinski definition) is 5. The van der Waals surface area contributed by atoms with E-state index in [0.717, 1.165) is 33.8 Å². The standard InChI is InChI=1S/C26H29N3O3S/c1-15(2)18-9-7-8-10-22(18)32-16(3)23(30)28-25-27-20(14-33-25)17-11-12-21-19(13-17)26(4,5)24(31)29(21)6/h7-16H,1-6H3,(H,27,28,30). The Hall–Kier alpha value is -3.19. The van der Waals surface area contributed by atoms with Gasteiger partial charge in [0, 0.05) is 23.7 Å². The largest absolute Gasteiger partial charge is 0.481 e. The van der Waals surface area contributed by atoms with E-state index in [1.807, 2.05) is 61.7 Å². The SMILES string of the molecule is CC(Oc1ccccc1C(C)C)C(=O)Nc1nc(-c2ccc3c(c2)C(C)(C)C(=O)N3C)cs1. The van der Waals surface area contributed by atoms with Crippen LogP contribution in [0.4, 0.5) is 10.8 Å². The summed E-state index contributed by atoms with van der Waals surface area (Å²) in [4.78, 5) is 31.6. The van der Waals surface area contributed by atoms with Gasteiger partial charge in [0.05, 0.1) is 11.1 Å². The number of carbonyl (C=O) groups is 2. The van der Waals surface area contributed by atoms with Crippen molar-refractivity contribution in [2.45, 2.75) is 52.1 Å². The molecular weight excluding hydrogens is 434 g/mol. The summed E-state index contributed by atoms with van der Waals surface area (Å²) in [6, 6.07) is 13.7. The Morgan fingerprint density at radius 2 is 1.88 bits per heavy atom. The molecule has 1 atom stereocenters. The fourth-order valence-corrected chi connectivity index (χ4v) is 4.83. The zero-order valence-corrected chi connectivity index (χ0v) is 20.6. The smallest absolute Gasteiger partial charge is 0.266 e. The first-order valence-electron chi connectivity index (χ1n) is 11.0. The molecule has 2 aromatic carbocycles. The van der Waals surface area contributed by atoms with Crippen molar-refractivity contribution in [3.63, 3.8) is 0 Å². The van der Waals surface area contributed by atoms with Gasteiger partial charge in [0.25, 0.3) is 5.91 Å². The maximum Gasteiger partial charge on any atom is 0.266 e. The first-order chi connectivity index (χ1) is 15.6. The minimum atomic E-state index is -0.667. The molecule has 0 fully saturated rings. The predicted octanol–water partition coefficient (Wildman–Crippen LogP) is 5.59. The van der Waals surface area contributed by atoms with E-state index in [-0.39, 0.29) is 11.8 Å². The lowest BCUT2D eigenvalue weighted by Gasteiger charge is -2.18. The van der Waals surface area contributed by atoms with Crippen LogP contribution in [0.25, 0.3) is 11.3 Å². The van der Waals surface area contributed by atoms with Crippen LogP contribution in [0, 0.1) is 0 Å². The molecule has 172 valence electrons. The van der Waals surface area contributed by atoms with Gasteiger partial charge >= 0.3 is 0 Å². The molecule has 0 radical (unpaired) electrons. The van der Waals surface area contributed by atoms with Gasteiger partial charge in [-0.2, -0.15) is 0 Å². The number of thiazole rings is 1. The minimum Gasteiger partial charge on any atom is -0.481 e. The van der Waals surface area contributed by atoms with E-state index >= 15 is 0 Å². The van der Waals surface area contributed by atoms with Gasteiger partial charge in [0.2, 0.25) is 5.91 Å². The molecule has 1 unspecified atom stereocenters. The maximum atomic E-state index is 12.7. The number of fused-ring (bicyclic) bond motifs is 1. The summed E-state index contributed by atoms with van der Waals surface area (Å²) in [6.07, 6.45) is -0.667. The summed E-state index contributed by atoms with van der Waals surface area (Å²) in [5.41, 5.74) is 4.07. The number of ether oxygens (including phenoxy) is 1. The number of nitrogens with one attached hydrogen (secondary N) is 1. The van der Waals surface area contributed by atoms with Gasteiger partial charge in [0.1, 0.15) is 5.75 Å². The molecule has 3 aromatic rings. The van der Waals surface area contributed by atoms with Gasteiger partial charge < -0.3 is 9.64 Å². The molecule has 1 aliphatic rings. The number of anilines is 2. The Labute approximate surface area is 198 Å². The Balaban J connectivity index is 1.48. The summed E-state index contributed by atoms with van der Waals surface area (Å²) >= 11 is 1.36. The third-order valence-electron chi connectivity index (χ3n) is 6.11. The van der Waals surface area contributed by atoms with Crippen LogP contribution in [0.15, 0.2) is 47.8 Å². The molecule has 2 amide bonds. The minimum absolute atomic E-state index is 0.0777. The van der Waals surface area contributed by atoms with Crippen molar-refractivity contribution >= 4 is 34.0 Å². The molecule has 2 heterocycles. The van der Waals surface area contributed by atoms with E-state index in [1.165, 1.54) is 11.3 Å². The second-order valence-corrected chi connectivity index (χ2v) is 10.1. The Bertz CT molecular complexity index is 1210. The highest BCUT2D eigenvalue weighted by molar-refractivity contribution is 7.14. The van der Waals surface area contributed by atoms with Crippen LogP contribution in [-0.2, 0) is 15.0 Å². The molecule has 1 N–H and O–H groups in total. The van der Waals surface area contributed by atoms with Crippen molar-refractivity contribution in [3.05, 3.63) is 59.0 Å². The normalized spacial score (nSPS) is 15.5. The van der Waals surface area contributed by atoms with E-state index in [0.29, 0.717) is 11.0 Å². The van der Waals surface area contributed by atoms with Crippen LogP contribution in [0.3, 0.4) is 0 Å². The molecule has 0 bridgehead atoms. The molecule has 1 aliphatic heterocycles. The quantitative estimate of drug-likeness (QED) is 0.517. The molecule has 6 nitrogen and oxygen atoms in total. The first kappa shape index (κ1) is 23.0. The van der Waals surface area contributed by atoms with E-state index < -0.39 is 11.5 Å². The molecule has 1 aromatic heterocycles. The van der Waals surface area contributed by atoms with Gasteiger partial charge in [-0.25, -0.2) is 4.98 Å². The molecule has 4 rings (SSSR count). The number of likely N-dealkylation sites (N-methyl/N-ethyl adjacent to an activating group) is 1. The van der Waals surface area contributed by atoms with E-state index in [4.69, 9.17) is 4.74 Å². The first-order valence-corrected chi connectivity index (χ1v) is 11.9. The predicted molar refractivity (Wildman–Crippen MR) is 133 cm³/mol. The zero-order chi connectivity index (χ0) is 23.9. The number of para-hydroxylation sites is 1. The van der Waals surface area contributed by atoms with Gasteiger partial charge in [-0.3, -0.25) is 14.9 Å². The monoisotopic (exact) mass is 463 g/mol. The topological polar surface area (TPSA) is 71.5 Å². The lowest BCUT2D eigenvalue weighted by molar-refractivity contribution is -0.122. The van der Waals surface area contributed by atoms with Crippen molar-refractivity contribution in [3.8, 4) is 17.0 Å². The summed E-state index contributed by atoms with van der Waals surface area (Å²) in [5, 5.41) is 5.28. The number of carbonyl (C=O) groups excluding carboxylic acids is 2. The average molecular weight is 464 g/mol. The molecule has 0 aliphatic carbocycles. The molecule has 0 spiro atoms. The molecule has 33 heavy (non-hydrogen) atoms. The highest BCUT2D eigenvalue weighted by Crippen LogP contribution is 2.42. The summed E-state index contributed by atoms with van der Waals surface area (Å²) in [6.45, 7) is 9.80. The summed E-state index contributed by atoms with van der Waals surface area (Å²) in [7, 11) is 1.80. The van der Waals surface area contributed by atoms with Crippen LogP contribution in [0.1, 0.15) is 51.7 Å². The number of amides is 2. The molecule has 0 saturated carbocycles. The lowest BCUT2D eigenvalue weighted by atomic mass is 9.85. The van der Waals surface area contributed by atoms with Crippen LogP contribution in [0.5, 0.6) is 5.75 Å². The number of rotatable bonds is 6. The van der Waals surface area contributed by atoms with E-state index in [9.17, 15) is 9.59 Å². The van der Waals surface area contributed by atoms with Gasteiger partial charge in [-0.05, 0) is 56.0 Å². The highest BCUT2D eigenvalue weighted by Gasteiger charge is 2.42. The number of aromatic nitrogens is 1. The Morgan fingerprint density at radius 1 is 1.15 bits per heavy atom. The summed E-state index contributed by atoms with van der Waals surface area (Å²) < 4.78 is 5.95. The summed E-state index contributed by atoms with van der Waals surface area (Å²) in [5.74, 6) is 0.839. The van der Waals surface area contributed by atoms with Crippen LogP contribution < -0.4 is 15.0 Å². The van der Waals surface area contributed by atoms with Crippen LogP contribution in [-0.4, -0.2) is 29.9 Å². The molecule has 7 heteroatoms. The van der Waals surface area contributed by atoms with Crippen LogP contribution in [0.2, 0.25) is 0 Å².